The molecule has 114 valence electrons. The normalized spacial score (nSPS) is 22.4. The number of rotatable bonds is 5. The maximum atomic E-state index is 12.0. The van der Waals surface area contributed by atoms with Crippen LogP contribution in [0.15, 0.2) is 35.2 Å². The molecule has 1 fully saturated rings. The summed E-state index contributed by atoms with van der Waals surface area (Å²) in [4.78, 5) is 13.2. The van der Waals surface area contributed by atoms with Crippen molar-refractivity contribution >= 4 is 35.5 Å². The molecule has 0 bridgehead atoms. The molecule has 0 aliphatic heterocycles. The summed E-state index contributed by atoms with van der Waals surface area (Å²) >= 11 is 3.64. The maximum absolute atomic E-state index is 12.0. The first kappa shape index (κ1) is 16.5. The second kappa shape index (κ2) is 8.54. The molecule has 2 nitrogen and oxygen atoms in total. The van der Waals surface area contributed by atoms with Crippen molar-refractivity contribution in [3.63, 3.8) is 0 Å². The van der Waals surface area contributed by atoms with Gasteiger partial charge >= 0.3 is 0 Å². The summed E-state index contributed by atoms with van der Waals surface area (Å²) in [7, 11) is 0. The fourth-order valence-electron chi connectivity index (χ4n) is 2.63. The largest absolute Gasteiger partial charge is 0.350 e. The van der Waals surface area contributed by atoms with E-state index in [4.69, 9.17) is 0 Å². The van der Waals surface area contributed by atoms with Crippen molar-refractivity contribution in [3.05, 3.63) is 35.9 Å². The SMILES string of the molecule is CSc1ccc(/C=C/C(=O)NC2CCCC(SC)C2)cc1. The second-order valence-corrected chi connectivity index (χ2v) is 7.35. The molecule has 1 aromatic carbocycles. The van der Waals surface area contributed by atoms with E-state index in [-0.39, 0.29) is 5.91 Å². The van der Waals surface area contributed by atoms with Gasteiger partial charge in [-0.25, -0.2) is 0 Å². The summed E-state index contributed by atoms with van der Waals surface area (Å²) < 4.78 is 0. The van der Waals surface area contributed by atoms with Gasteiger partial charge in [-0.2, -0.15) is 11.8 Å². The average Bonchev–Trinajstić information content (AvgIpc) is 2.53. The smallest absolute Gasteiger partial charge is 0.244 e. The quantitative estimate of drug-likeness (QED) is 0.650. The lowest BCUT2D eigenvalue weighted by molar-refractivity contribution is -0.117. The highest BCUT2D eigenvalue weighted by Crippen LogP contribution is 2.26. The van der Waals surface area contributed by atoms with Gasteiger partial charge in [-0.05, 0) is 55.5 Å². The molecule has 0 spiro atoms. The van der Waals surface area contributed by atoms with Crippen molar-refractivity contribution in [2.75, 3.05) is 12.5 Å². The van der Waals surface area contributed by atoms with E-state index in [1.807, 2.05) is 30.0 Å². The van der Waals surface area contributed by atoms with Gasteiger partial charge in [-0.3, -0.25) is 4.79 Å². The Balaban J connectivity index is 1.84. The Labute approximate surface area is 136 Å². The third-order valence-electron chi connectivity index (χ3n) is 3.85. The molecule has 2 rings (SSSR count). The van der Waals surface area contributed by atoms with Crippen molar-refractivity contribution in [2.24, 2.45) is 0 Å². The van der Waals surface area contributed by atoms with Gasteiger partial charge in [0.05, 0.1) is 0 Å². The minimum atomic E-state index is 0.0238. The first-order valence-corrected chi connectivity index (χ1v) is 9.88. The molecule has 2 atom stereocenters. The summed E-state index contributed by atoms with van der Waals surface area (Å²) in [5, 5.41) is 3.83. The van der Waals surface area contributed by atoms with Crippen LogP contribution in [0, 0.1) is 0 Å². The van der Waals surface area contributed by atoms with Gasteiger partial charge in [0.2, 0.25) is 5.91 Å². The van der Waals surface area contributed by atoms with E-state index in [1.54, 1.807) is 17.8 Å². The number of benzene rings is 1. The number of carbonyl (C=O) groups is 1. The number of amides is 1. The summed E-state index contributed by atoms with van der Waals surface area (Å²) in [6.45, 7) is 0. The topological polar surface area (TPSA) is 29.1 Å². The Morgan fingerprint density at radius 3 is 2.67 bits per heavy atom. The second-order valence-electron chi connectivity index (χ2n) is 5.34. The van der Waals surface area contributed by atoms with Crippen LogP contribution in [-0.2, 0) is 4.79 Å². The highest BCUT2D eigenvalue weighted by atomic mass is 32.2. The van der Waals surface area contributed by atoms with E-state index in [9.17, 15) is 4.79 Å². The lowest BCUT2D eigenvalue weighted by atomic mass is 9.95. The number of hydrogen-bond acceptors (Lipinski definition) is 3. The minimum absolute atomic E-state index is 0.0238. The minimum Gasteiger partial charge on any atom is -0.350 e. The van der Waals surface area contributed by atoms with Crippen LogP contribution in [0.1, 0.15) is 31.2 Å². The fraction of sp³-hybridized carbons (Fsp3) is 0.471. The molecule has 2 unspecified atom stereocenters. The Hall–Kier alpha value is -0.870. The molecular weight excluding hydrogens is 298 g/mol. The van der Waals surface area contributed by atoms with E-state index in [0.717, 1.165) is 18.4 Å². The molecular formula is C17H23NOS2. The average molecular weight is 322 g/mol. The van der Waals surface area contributed by atoms with E-state index in [1.165, 1.54) is 17.7 Å². The van der Waals surface area contributed by atoms with E-state index in [0.29, 0.717) is 11.3 Å². The monoisotopic (exact) mass is 321 g/mol. The van der Waals surface area contributed by atoms with Crippen molar-refractivity contribution in [2.45, 2.75) is 41.9 Å². The molecule has 1 saturated carbocycles. The van der Waals surface area contributed by atoms with Crippen LogP contribution >= 0.6 is 23.5 Å². The zero-order valence-electron chi connectivity index (χ0n) is 12.7. The van der Waals surface area contributed by atoms with Crippen LogP contribution in [0.5, 0.6) is 0 Å². The molecule has 1 N–H and O–H groups in total. The predicted octanol–water partition coefficient (Wildman–Crippen LogP) is 4.21. The molecule has 1 aliphatic rings. The Morgan fingerprint density at radius 1 is 1.24 bits per heavy atom. The zero-order chi connectivity index (χ0) is 15.1. The summed E-state index contributed by atoms with van der Waals surface area (Å²) in [6, 6.07) is 8.57. The summed E-state index contributed by atoms with van der Waals surface area (Å²) in [6.07, 6.45) is 12.5. The number of carbonyl (C=O) groups excluding carboxylic acids is 1. The molecule has 4 heteroatoms. The van der Waals surface area contributed by atoms with Gasteiger partial charge in [-0.15, -0.1) is 11.8 Å². The van der Waals surface area contributed by atoms with Crippen LogP contribution in [0.3, 0.4) is 0 Å². The van der Waals surface area contributed by atoms with Crippen molar-refractivity contribution in [3.8, 4) is 0 Å². The first-order valence-electron chi connectivity index (χ1n) is 7.36. The van der Waals surface area contributed by atoms with Crippen molar-refractivity contribution in [1.82, 2.24) is 5.32 Å². The zero-order valence-corrected chi connectivity index (χ0v) is 14.3. The molecule has 0 radical (unpaired) electrons. The Bertz CT molecular complexity index is 484. The van der Waals surface area contributed by atoms with Crippen molar-refractivity contribution < 1.29 is 4.79 Å². The number of thioether (sulfide) groups is 2. The molecule has 1 aliphatic carbocycles. The van der Waals surface area contributed by atoms with E-state index >= 15 is 0 Å². The number of nitrogens with one attached hydrogen (secondary N) is 1. The van der Waals surface area contributed by atoms with Gasteiger partial charge in [0.15, 0.2) is 0 Å². The van der Waals surface area contributed by atoms with Crippen LogP contribution in [0.25, 0.3) is 6.08 Å². The third-order valence-corrected chi connectivity index (χ3v) is 5.69. The molecule has 0 heterocycles. The van der Waals surface area contributed by atoms with Crippen LogP contribution in [-0.4, -0.2) is 29.7 Å². The van der Waals surface area contributed by atoms with E-state index in [2.05, 4.69) is 30.0 Å². The van der Waals surface area contributed by atoms with E-state index < -0.39 is 0 Å². The summed E-state index contributed by atoms with van der Waals surface area (Å²) in [5.41, 5.74) is 1.06. The van der Waals surface area contributed by atoms with Gasteiger partial charge in [-0.1, -0.05) is 18.6 Å². The van der Waals surface area contributed by atoms with Gasteiger partial charge in [0.25, 0.3) is 0 Å². The molecule has 0 saturated heterocycles. The maximum Gasteiger partial charge on any atom is 0.244 e. The Kier molecular flexibility index (Phi) is 6.71. The lowest BCUT2D eigenvalue weighted by Crippen LogP contribution is -2.38. The van der Waals surface area contributed by atoms with Crippen LogP contribution < -0.4 is 5.32 Å². The highest BCUT2D eigenvalue weighted by Gasteiger charge is 2.21. The van der Waals surface area contributed by atoms with Crippen molar-refractivity contribution in [1.29, 1.82) is 0 Å². The summed E-state index contributed by atoms with van der Waals surface area (Å²) in [5.74, 6) is 0.0238. The fourth-order valence-corrected chi connectivity index (χ4v) is 3.86. The third kappa shape index (κ3) is 5.44. The Morgan fingerprint density at radius 2 is 2.00 bits per heavy atom. The van der Waals surface area contributed by atoms with Gasteiger partial charge < -0.3 is 5.32 Å². The predicted molar refractivity (Wildman–Crippen MR) is 95.0 cm³/mol. The molecule has 1 aromatic rings. The highest BCUT2D eigenvalue weighted by molar-refractivity contribution is 7.99. The first-order chi connectivity index (χ1) is 10.2. The standard InChI is InChI=1S/C17H23NOS2/c1-20-15-9-6-13(7-10-15)8-11-17(19)18-14-4-3-5-16(12-14)21-2/h6-11,14,16H,3-5,12H2,1-2H3,(H,18,19)/b11-8+. The molecule has 1 amide bonds. The lowest BCUT2D eigenvalue weighted by Gasteiger charge is -2.28. The van der Waals surface area contributed by atoms with Gasteiger partial charge in [0.1, 0.15) is 0 Å². The van der Waals surface area contributed by atoms with Gasteiger partial charge in [0, 0.05) is 22.3 Å². The number of hydrogen-bond donors (Lipinski definition) is 1. The molecule has 21 heavy (non-hydrogen) atoms. The van der Waals surface area contributed by atoms with Crippen LogP contribution in [0.4, 0.5) is 0 Å². The molecule has 0 aromatic heterocycles. The van der Waals surface area contributed by atoms with Crippen LogP contribution in [0.2, 0.25) is 0 Å².